The van der Waals surface area contributed by atoms with Crippen LogP contribution >= 0.6 is 0 Å². The van der Waals surface area contributed by atoms with Crippen LogP contribution in [0, 0.1) is 11.8 Å². The molecule has 0 bridgehead atoms. The monoisotopic (exact) mass is 214 g/mol. The van der Waals surface area contributed by atoms with E-state index in [9.17, 15) is 9.59 Å². The summed E-state index contributed by atoms with van der Waals surface area (Å²) in [4.78, 5) is 21.9. The Morgan fingerprint density at radius 1 is 1.53 bits per heavy atom. The van der Waals surface area contributed by atoms with Crippen molar-refractivity contribution in [3.05, 3.63) is 0 Å². The van der Waals surface area contributed by atoms with E-state index in [1.165, 1.54) is 0 Å². The van der Waals surface area contributed by atoms with E-state index in [-0.39, 0.29) is 18.6 Å². The topological polar surface area (TPSA) is 78.4 Å². The van der Waals surface area contributed by atoms with Gasteiger partial charge in [-0.05, 0) is 18.8 Å². The van der Waals surface area contributed by atoms with Crippen molar-refractivity contribution in [2.24, 2.45) is 11.8 Å². The maximum atomic E-state index is 11.3. The second-order valence-electron chi connectivity index (χ2n) is 4.12. The van der Waals surface area contributed by atoms with Gasteiger partial charge in [0.15, 0.2) is 0 Å². The van der Waals surface area contributed by atoms with Gasteiger partial charge in [-0.2, -0.15) is 0 Å². The Balaban J connectivity index is 2.17. The summed E-state index contributed by atoms with van der Waals surface area (Å²) in [6.45, 7) is 4.05. The predicted octanol–water partition coefficient (Wildman–Crippen LogP) is 0.805. The summed E-state index contributed by atoms with van der Waals surface area (Å²) in [6.07, 6.45) is 1.54. The van der Waals surface area contributed by atoms with Crippen LogP contribution in [-0.4, -0.2) is 29.7 Å². The number of hydrogen-bond donors (Lipinski definition) is 3. The Morgan fingerprint density at radius 3 is 2.53 bits per heavy atom. The minimum Gasteiger partial charge on any atom is -0.481 e. The number of carboxylic acids is 1. The maximum absolute atomic E-state index is 11.3. The van der Waals surface area contributed by atoms with E-state index in [1.54, 1.807) is 6.92 Å². The highest BCUT2D eigenvalue weighted by Gasteiger charge is 2.33. The lowest BCUT2D eigenvalue weighted by molar-refractivity contribution is -0.141. The van der Waals surface area contributed by atoms with Crippen molar-refractivity contribution in [1.29, 1.82) is 0 Å². The summed E-state index contributed by atoms with van der Waals surface area (Å²) >= 11 is 0. The van der Waals surface area contributed by atoms with E-state index >= 15 is 0 Å². The van der Waals surface area contributed by atoms with Gasteiger partial charge >= 0.3 is 12.0 Å². The van der Waals surface area contributed by atoms with Crippen molar-refractivity contribution >= 4 is 12.0 Å². The van der Waals surface area contributed by atoms with Gasteiger partial charge in [-0.25, -0.2) is 4.79 Å². The largest absolute Gasteiger partial charge is 0.481 e. The Morgan fingerprint density at radius 2 is 2.13 bits per heavy atom. The highest BCUT2D eigenvalue weighted by atomic mass is 16.4. The van der Waals surface area contributed by atoms with Gasteiger partial charge in [-0.15, -0.1) is 0 Å². The molecule has 0 spiro atoms. The fraction of sp³-hybridized carbons (Fsp3) is 0.800. The second kappa shape index (κ2) is 5.00. The molecular weight excluding hydrogens is 196 g/mol. The van der Waals surface area contributed by atoms with Gasteiger partial charge in [0.05, 0.1) is 5.92 Å². The fourth-order valence-corrected chi connectivity index (χ4v) is 1.36. The lowest BCUT2D eigenvalue weighted by atomic mass is 10.1. The van der Waals surface area contributed by atoms with Crippen molar-refractivity contribution < 1.29 is 14.7 Å². The number of hydrogen-bond acceptors (Lipinski definition) is 2. The van der Waals surface area contributed by atoms with Crippen molar-refractivity contribution in [1.82, 2.24) is 10.6 Å². The van der Waals surface area contributed by atoms with E-state index in [4.69, 9.17) is 5.11 Å². The average Bonchev–Trinajstić information content (AvgIpc) is 2.82. The molecule has 1 saturated carbocycles. The molecule has 0 aliphatic heterocycles. The third kappa shape index (κ3) is 3.77. The number of rotatable bonds is 5. The Kier molecular flexibility index (Phi) is 3.94. The molecule has 86 valence electrons. The molecule has 0 aromatic carbocycles. The highest BCUT2D eigenvalue weighted by molar-refractivity contribution is 5.76. The van der Waals surface area contributed by atoms with Crippen LogP contribution in [-0.2, 0) is 4.79 Å². The van der Waals surface area contributed by atoms with Crippen LogP contribution in [0.4, 0.5) is 4.79 Å². The second-order valence-corrected chi connectivity index (χ2v) is 4.12. The van der Waals surface area contributed by atoms with Gasteiger partial charge < -0.3 is 15.7 Å². The number of amides is 2. The number of nitrogens with one attached hydrogen (secondary N) is 2. The molecule has 0 aromatic rings. The fourth-order valence-electron chi connectivity index (χ4n) is 1.36. The quantitative estimate of drug-likeness (QED) is 0.633. The van der Waals surface area contributed by atoms with Gasteiger partial charge in [-0.3, -0.25) is 4.79 Å². The van der Waals surface area contributed by atoms with Crippen LogP contribution in [0.15, 0.2) is 0 Å². The van der Waals surface area contributed by atoms with Crippen molar-refractivity contribution in [2.75, 3.05) is 6.54 Å². The Labute approximate surface area is 89.2 Å². The number of urea groups is 1. The van der Waals surface area contributed by atoms with Crippen LogP contribution in [0.5, 0.6) is 0 Å². The van der Waals surface area contributed by atoms with Crippen molar-refractivity contribution in [2.45, 2.75) is 32.7 Å². The lowest BCUT2D eigenvalue weighted by Gasteiger charge is -2.11. The summed E-state index contributed by atoms with van der Waals surface area (Å²) in [6, 6.07) is 0.0129. The summed E-state index contributed by atoms with van der Waals surface area (Å²) in [5.41, 5.74) is 0. The molecule has 0 heterocycles. The van der Waals surface area contributed by atoms with Gasteiger partial charge in [-0.1, -0.05) is 13.8 Å². The molecule has 15 heavy (non-hydrogen) atoms. The van der Waals surface area contributed by atoms with E-state index in [0.717, 1.165) is 6.42 Å². The Bertz CT molecular complexity index is 255. The molecule has 0 saturated heterocycles. The number of carbonyl (C=O) groups excluding carboxylic acids is 1. The first kappa shape index (κ1) is 11.8. The van der Waals surface area contributed by atoms with Gasteiger partial charge in [0.25, 0.3) is 0 Å². The number of aliphatic carboxylic acids is 1. The molecule has 0 radical (unpaired) electrons. The molecule has 2 amide bonds. The highest BCUT2D eigenvalue weighted by Crippen LogP contribution is 2.28. The zero-order valence-electron chi connectivity index (χ0n) is 9.12. The maximum Gasteiger partial charge on any atom is 0.315 e. The molecule has 3 atom stereocenters. The van der Waals surface area contributed by atoms with Crippen LogP contribution < -0.4 is 10.6 Å². The molecule has 3 unspecified atom stereocenters. The molecule has 1 aliphatic rings. The van der Waals surface area contributed by atoms with Crippen LogP contribution in [0.2, 0.25) is 0 Å². The first-order valence-corrected chi connectivity index (χ1v) is 5.31. The zero-order valence-corrected chi connectivity index (χ0v) is 9.12. The summed E-state index contributed by atoms with van der Waals surface area (Å²) < 4.78 is 0. The summed E-state index contributed by atoms with van der Waals surface area (Å²) in [5.74, 6) is -0.804. The molecule has 1 rings (SSSR count). The normalized spacial score (nSPS) is 25.5. The first-order valence-electron chi connectivity index (χ1n) is 5.31. The van der Waals surface area contributed by atoms with E-state index < -0.39 is 11.9 Å². The van der Waals surface area contributed by atoms with Crippen molar-refractivity contribution in [3.8, 4) is 0 Å². The summed E-state index contributed by atoms with van der Waals surface area (Å²) in [5, 5.41) is 14.1. The number of carboxylic acid groups (broad SMARTS) is 1. The molecule has 1 fully saturated rings. The van der Waals surface area contributed by atoms with Crippen molar-refractivity contribution in [3.63, 3.8) is 0 Å². The predicted molar refractivity (Wildman–Crippen MR) is 55.5 cm³/mol. The molecule has 3 N–H and O–H groups in total. The molecule has 1 aliphatic carbocycles. The minimum atomic E-state index is -0.863. The van der Waals surface area contributed by atoms with Crippen LogP contribution in [0.3, 0.4) is 0 Å². The lowest BCUT2D eigenvalue weighted by Crippen LogP contribution is -2.41. The third-order valence-electron chi connectivity index (χ3n) is 2.78. The smallest absolute Gasteiger partial charge is 0.315 e. The zero-order chi connectivity index (χ0) is 11.4. The molecule has 5 nitrogen and oxygen atoms in total. The van der Waals surface area contributed by atoms with E-state index in [2.05, 4.69) is 17.6 Å². The minimum absolute atomic E-state index is 0.193. The van der Waals surface area contributed by atoms with Crippen LogP contribution in [0.1, 0.15) is 26.7 Å². The van der Waals surface area contributed by atoms with Gasteiger partial charge in [0.1, 0.15) is 0 Å². The van der Waals surface area contributed by atoms with E-state index in [0.29, 0.717) is 12.3 Å². The SMILES string of the molecule is CCC(CNC(=O)NC1CC1C)C(=O)O. The third-order valence-corrected chi connectivity index (χ3v) is 2.78. The van der Waals surface area contributed by atoms with Crippen LogP contribution in [0.25, 0.3) is 0 Å². The summed E-state index contributed by atoms with van der Waals surface area (Å²) in [7, 11) is 0. The number of carbonyl (C=O) groups is 2. The Hall–Kier alpha value is -1.26. The van der Waals surface area contributed by atoms with Gasteiger partial charge in [0.2, 0.25) is 0 Å². The standard InChI is InChI=1S/C10H18N2O3/c1-3-7(9(13)14)5-11-10(15)12-8-4-6(8)2/h6-8H,3-5H2,1-2H3,(H,13,14)(H2,11,12,15). The molecule has 5 heteroatoms. The first-order chi connectivity index (χ1) is 7.04. The molecule has 0 aromatic heterocycles. The molecular formula is C10H18N2O3. The average molecular weight is 214 g/mol. The van der Waals surface area contributed by atoms with E-state index in [1.807, 2.05) is 0 Å². The van der Waals surface area contributed by atoms with Gasteiger partial charge in [0, 0.05) is 12.6 Å².